The van der Waals surface area contributed by atoms with Crippen LogP contribution >= 0.6 is 0 Å². The molecule has 0 bridgehead atoms. The standard InChI is InChI=1S/C16H24O3/c17-14(9-8-13-5-2-1-3-6-13)10-12-16(19)11-4-7-15(16)18/h1-3,5-6,14-15,17-19H,4,7-12H2/t14-,15?,16?/m1/s1. The molecule has 0 saturated heterocycles. The van der Waals surface area contributed by atoms with Crippen molar-refractivity contribution >= 4 is 0 Å². The Balaban J connectivity index is 1.71. The van der Waals surface area contributed by atoms with E-state index in [9.17, 15) is 15.3 Å². The van der Waals surface area contributed by atoms with Gasteiger partial charge in [0.15, 0.2) is 0 Å². The van der Waals surface area contributed by atoms with Gasteiger partial charge in [-0.3, -0.25) is 0 Å². The Morgan fingerprint density at radius 2 is 1.95 bits per heavy atom. The van der Waals surface area contributed by atoms with E-state index in [1.165, 1.54) is 5.56 Å². The van der Waals surface area contributed by atoms with Crippen LogP contribution in [0.15, 0.2) is 30.3 Å². The van der Waals surface area contributed by atoms with Crippen molar-refractivity contribution in [2.24, 2.45) is 0 Å². The van der Waals surface area contributed by atoms with Crippen molar-refractivity contribution in [3.8, 4) is 0 Å². The summed E-state index contributed by atoms with van der Waals surface area (Å²) in [4.78, 5) is 0. The number of aliphatic hydroxyl groups is 3. The zero-order valence-corrected chi connectivity index (χ0v) is 11.3. The first-order valence-corrected chi connectivity index (χ1v) is 7.22. The topological polar surface area (TPSA) is 60.7 Å². The average Bonchev–Trinajstić information content (AvgIpc) is 2.76. The molecule has 0 aromatic heterocycles. The second-order valence-corrected chi connectivity index (χ2v) is 5.73. The van der Waals surface area contributed by atoms with E-state index in [1.54, 1.807) is 0 Å². The molecule has 0 amide bonds. The monoisotopic (exact) mass is 264 g/mol. The third-order valence-corrected chi connectivity index (χ3v) is 4.23. The minimum absolute atomic E-state index is 0.406. The lowest BCUT2D eigenvalue weighted by molar-refractivity contribution is -0.0654. The van der Waals surface area contributed by atoms with Crippen molar-refractivity contribution in [2.75, 3.05) is 0 Å². The lowest BCUT2D eigenvalue weighted by Crippen LogP contribution is -2.38. The average molecular weight is 264 g/mol. The normalized spacial score (nSPS) is 28.5. The molecule has 0 spiro atoms. The smallest absolute Gasteiger partial charge is 0.0906 e. The van der Waals surface area contributed by atoms with E-state index in [2.05, 4.69) is 12.1 Å². The van der Waals surface area contributed by atoms with Gasteiger partial charge in [0.25, 0.3) is 0 Å². The highest BCUT2D eigenvalue weighted by molar-refractivity contribution is 5.14. The molecule has 3 nitrogen and oxygen atoms in total. The van der Waals surface area contributed by atoms with Gasteiger partial charge in [0.2, 0.25) is 0 Å². The largest absolute Gasteiger partial charge is 0.393 e. The van der Waals surface area contributed by atoms with Gasteiger partial charge in [-0.05, 0) is 50.5 Å². The number of rotatable bonds is 6. The molecule has 19 heavy (non-hydrogen) atoms. The van der Waals surface area contributed by atoms with Gasteiger partial charge in [0, 0.05) is 0 Å². The summed E-state index contributed by atoms with van der Waals surface area (Å²) in [6.07, 6.45) is 3.78. The zero-order chi connectivity index (χ0) is 13.7. The Bertz CT molecular complexity index is 379. The minimum atomic E-state index is -0.965. The van der Waals surface area contributed by atoms with Crippen LogP contribution in [0.3, 0.4) is 0 Å². The van der Waals surface area contributed by atoms with Crippen LogP contribution in [0.4, 0.5) is 0 Å². The van der Waals surface area contributed by atoms with Crippen molar-refractivity contribution in [1.82, 2.24) is 0 Å². The van der Waals surface area contributed by atoms with Gasteiger partial charge in [0.05, 0.1) is 17.8 Å². The fourth-order valence-electron chi connectivity index (χ4n) is 2.87. The Morgan fingerprint density at radius 1 is 1.21 bits per heavy atom. The van der Waals surface area contributed by atoms with E-state index >= 15 is 0 Å². The Morgan fingerprint density at radius 3 is 2.58 bits per heavy atom. The third kappa shape index (κ3) is 4.03. The van der Waals surface area contributed by atoms with E-state index in [0.717, 1.165) is 12.8 Å². The molecule has 0 aliphatic heterocycles. The van der Waals surface area contributed by atoms with Gasteiger partial charge in [-0.25, -0.2) is 0 Å². The molecular weight excluding hydrogens is 240 g/mol. The first kappa shape index (κ1) is 14.5. The van der Waals surface area contributed by atoms with E-state index in [0.29, 0.717) is 32.1 Å². The van der Waals surface area contributed by atoms with E-state index < -0.39 is 17.8 Å². The molecule has 0 heterocycles. The van der Waals surface area contributed by atoms with Crippen molar-refractivity contribution in [3.05, 3.63) is 35.9 Å². The summed E-state index contributed by atoms with van der Waals surface area (Å²) in [5.41, 5.74) is 0.259. The van der Waals surface area contributed by atoms with Crippen LogP contribution in [0, 0.1) is 0 Å². The van der Waals surface area contributed by atoms with Crippen LogP contribution in [-0.4, -0.2) is 33.1 Å². The molecule has 0 radical (unpaired) electrons. The molecule has 1 aliphatic carbocycles. The van der Waals surface area contributed by atoms with Crippen LogP contribution in [-0.2, 0) is 6.42 Å². The number of hydrogen-bond acceptors (Lipinski definition) is 3. The molecule has 1 saturated carbocycles. The quantitative estimate of drug-likeness (QED) is 0.737. The number of aryl methyl sites for hydroxylation is 1. The lowest BCUT2D eigenvalue weighted by atomic mass is 9.91. The molecule has 3 N–H and O–H groups in total. The molecule has 2 rings (SSSR count). The molecular formula is C16H24O3. The number of benzene rings is 1. The highest BCUT2D eigenvalue weighted by Gasteiger charge is 2.39. The van der Waals surface area contributed by atoms with E-state index in [-0.39, 0.29) is 0 Å². The van der Waals surface area contributed by atoms with Crippen molar-refractivity contribution in [3.63, 3.8) is 0 Å². The molecule has 106 valence electrons. The summed E-state index contributed by atoms with van der Waals surface area (Å²) in [5, 5.41) is 29.9. The van der Waals surface area contributed by atoms with Crippen molar-refractivity contribution < 1.29 is 15.3 Å². The highest BCUT2D eigenvalue weighted by atomic mass is 16.3. The molecule has 1 aliphatic rings. The Labute approximate surface area is 114 Å². The maximum Gasteiger partial charge on any atom is 0.0906 e. The SMILES string of the molecule is OC1CCCC1(O)CC[C@H](O)CCc1ccccc1. The Kier molecular flexibility index (Phi) is 4.97. The van der Waals surface area contributed by atoms with Crippen molar-refractivity contribution in [1.29, 1.82) is 0 Å². The van der Waals surface area contributed by atoms with Gasteiger partial charge in [0.1, 0.15) is 0 Å². The molecule has 3 heteroatoms. The molecule has 1 aromatic rings. The van der Waals surface area contributed by atoms with Gasteiger partial charge in [-0.1, -0.05) is 30.3 Å². The number of hydrogen-bond donors (Lipinski definition) is 3. The van der Waals surface area contributed by atoms with Gasteiger partial charge < -0.3 is 15.3 Å². The van der Waals surface area contributed by atoms with Crippen LogP contribution in [0.1, 0.15) is 44.1 Å². The van der Waals surface area contributed by atoms with Gasteiger partial charge >= 0.3 is 0 Å². The Hall–Kier alpha value is -0.900. The molecule has 1 fully saturated rings. The summed E-state index contributed by atoms with van der Waals surface area (Å²) in [6, 6.07) is 10.1. The highest BCUT2D eigenvalue weighted by Crippen LogP contribution is 2.34. The van der Waals surface area contributed by atoms with Crippen LogP contribution in [0.2, 0.25) is 0 Å². The summed E-state index contributed by atoms with van der Waals surface area (Å²) in [5.74, 6) is 0. The summed E-state index contributed by atoms with van der Waals surface area (Å²) in [7, 11) is 0. The number of aliphatic hydroxyl groups excluding tert-OH is 2. The summed E-state index contributed by atoms with van der Waals surface area (Å²) < 4.78 is 0. The van der Waals surface area contributed by atoms with Crippen LogP contribution < -0.4 is 0 Å². The third-order valence-electron chi connectivity index (χ3n) is 4.23. The summed E-state index contributed by atoms with van der Waals surface area (Å²) >= 11 is 0. The fourth-order valence-corrected chi connectivity index (χ4v) is 2.87. The molecule has 1 aromatic carbocycles. The van der Waals surface area contributed by atoms with Gasteiger partial charge in [-0.2, -0.15) is 0 Å². The molecule has 2 unspecified atom stereocenters. The minimum Gasteiger partial charge on any atom is -0.393 e. The lowest BCUT2D eigenvalue weighted by Gasteiger charge is -2.27. The van der Waals surface area contributed by atoms with Crippen LogP contribution in [0.25, 0.3) is 0 Å². The predicted octanol–water partition coefficient (Wildman–Crippen LogP) is 2.04. The summed E-state index contributed by atoms with van der Waals surface area (Å²) in [6.45, 7) is 0. The van der Waals surface area contributed by atoms with E-state index in [1.807, 2.05) is 18.2 Å². The zero-order valence-electron chi connectivity index (χ0n) is 11.3. The second kappa shape index (κ2) is 6.51. The van der Waals surface area contributed by atoms with Gasteiger partial charge in [-0.15, -0.1) is 0 Å². The maximum absolute atomic E-state index is 10.2. The maximum atomic E-state index is 10.2. The fraction of sp³-hybridized carbons (Fsp3) is 0.625. The first-order chi connectivity index (χ1) is 9.10. The van der Waals surface area contributed by atoms with Crippen LogP contribution in [0.5, 0.6) is 0 Å². The first-order valence-electron chi connectivity index (χ1n) is 7.22. The molecule has 3 atom stereocenters. The second-order valence-electron chi connectivity index (χ2n) is 5.73. The van der Waals surface area contributed by atoms with E-state index in [4.69, 9.17) is 0 Å². The van der Waals surface area contributed by atoms with Crippen molar-refractivity contribution in [2.45, 2.75) is 62.8 Å². The predicted molar refractivity (Wildman–Crippen MR) is 74.8 cm³/mol.